The second-order valence-corrected chi connectivity index (χ2v) is 9.22. The van der Waals surface area contributed by atoms with Crippen LogP contribution in [-0.4, -0.2) is 39.1 Å². The fourth-order valence-corrected chi connectivity index (χ4v) is 4.81. The Morgan fingerprint density at radius 1 is 1.22 bits per heavy atom. The largest absolute Gasteiger partial charge is 0.383 e. The van der Waals surface area contributed by atoms with Crippen LogP contribution in [0, 0.1) is 0 Å². The summed E-state index contributed by atoms with van der Waals surface area (Å²) in [6.07, 6.45) is 2.38. The molecule has 32 heavy (non-hydrogen) atoms. The lowest BCUT2D eigenvalue weighted by Crippen LogP contribution is -2.48. The zero-order valence-corrected chi connectivity index (χ0v) is 17.9. The summed E-state index contributed by atoms with van der Waals surface area (Å²) in [5, 5.41) is 2.56. The van der Waals surface area contributed by atoms with Crippen LogP contribution < -0.4 is 11.1 Å². The van der Waals surface area contributed by atoms with E-state index in [1.54, 1.807) is 29.8 Å². The Balaban J connectivity index is 1.39. The van der Waals surface area contributed by atoms with Gasteiger partial charge in [0.1, 0.15) is 5.82 Å². The third-order valence-corrected chi connectivity index (χ3v) is 6.82. The Kier molecular flexibility index (Phi) is 5.04. The predicted molar refractivity (Wildman–Crippen MR) is 118 cm³/mol. The van der Waals surface area contributed by atoms with Crippen molar-refractivity contribution in [2.75, 3.05) is 17.6 Å². The zero-order chi connectivity index (χ0) is 22.5. The van der Waals surface area contributed by atoms with E-state index in [0.717, 1.165) is 23.1 Å². The number of hydrogen-bond donors (Lipinski definition) is 2. The van der Waals surface area contributed by atoms with Crippen LogP contribution in [-0.2, 0) is 9.59 Å². The molecule has 0 unspecified atom stereocenters. The fourth-order valence-electron chi connectivity index (χ4n) is 4.16. The molecule has 1 aliphatic carbocycles. The molecule has 5 rings (SSSR count). The number of amides is 2. The second kappa shape index (κ2) is 7.77. The summed E-state index contributed by atoms with van der Waals surface area (Å²) in [5.41, 5.74) is 10.0. The number of nitrogens with zero attached hydrogens (tertiary/aromatic N) is 3. The number of nitrogens with one attached hydrogen (secondary N) is 1. The number of halogens is 2. The number of nitrogens with two attached hydrogens (primary N) is 1. The van der Waals surface area contributed by atoms with Crippen molar-refractivity contribution in [1.82, 2.24) is 14.9 Å². The van der Waals surface area contributed by atoms with E-state index in [9.17, 15) is 18.4 Å². The summed E-state index contributed by atoms with van der Waals surface area (Å²) in [6, 6.07) is 6.04. The topological polar surface area (TPSA) is 101 Å². The molecule has 2 aromatic heterocycles. The fraction of sp³-hybridized carbons (Fsp3) is 0.364. The van der Waals surface area contributed by atoms with Gasteiger partial charge in [-0.15, -0.1) is 11.3 Å². The van der Waals surface area contributed by atoms with Gasteiger partial charge in [0.05, 0.1) is 33.7 Å². The Labute approximate surface area is 186 Å². The standard InChI is InChI=1S/C22H21F2N5O2S/c23-22(24)5-6-29(17(9-22)13-3-4-18-16(7-13)27-11-32-18)21(31)20(30)28-14-8-15(12-1-2-12)19(25)26-10-14/h3-4,7-8,10-12,17H,1-2,5-6,9H2,(H2,25,26)(H,28,30)/t17-/m0/s1. The van der Waals surface area contributed by atoms with Crippen molar-refractivity contribution in [3.8, 4) is 0 Å². The number of alkyl halides is 2. The van der Waals surface area contributed by atoms with Gasteiger partial charge in [0.25, 0.3) is 5.92 Å². The van der Waals surface area contributed by atoms with E-state index >= 15 is 0 Å². The van der Waals surface area contributed by atoms with E-state index in [0.29, 0.717) is 28.5 Å². The SMILES string of the molecule is Nc1ncc(NC(=O)C(=O)N2CCC(F)(F)C[C@H]2c2ccc3scnc3c2)cc1C1CC1. The molecule has 0 bridgehead atoms. The normalized spacial score (nSPS) is 20.3. The van der Waals surface area contributed by atoms with E-state index in [-0.39, 0.29) is 6.54 Å². The number of anilines is 2. The number of piperidine rings is 1. The van der Waals surface area contributed by atoms with Crippen molar-refractivity contribution in [3.63, 3.8) is 0 Å². The second-order valence-electron chi connectivity index (χ2n) is 8.33. The molecule has 1 atom stereocenters. The van der Waals surface area contributed by atoms with Gasteiger partial charge in [-0.05, 0) is 48.1 Å². The van der Waals surface area contributed by atoms with Gasteiger partial charge in [0.15, 0.2) is 0 Å². The maximum Gasteiger partial charge on any atom is 0.313 e. The molecule has 1 saturated carbocycles. The van der Waals surface area contributed by atoms with Gasteiger partial charge >= 0.3 is 11.8 Å². The quantitative estimate of drug-likeness (QED) is 0.577. The number of rotatable bonds is 3. The van der Waals surface area contributed by atoms with Crippen LogP contribution in [0.25, 0.3) is 10.2 Å². The number of fused-ring (bicyclic) bond motifs is 1. The van der Waals surface area contributed by atoms with Gasteiger partial charge in [-0.2, -0.15) is 0 Å². The highest BCUT2D eigenvalue weighted by Crippen LogP contribution is 2.43. The van der Waals surface area contributed by atoms with Gasteiger partial charge < -0.3 is 16.0 Å². The molecule has 10 heteroatoms. The van der Waals surface area contributed by atoms with Crippen molar-refractivity contribution in [3.05, 3.63) is 47.1 Å². The average Bonchev–Trinajstić information content (AvgIpc) is 3.50. The van der Waals surface area contributed by atoms with Crippen LogP contribution in [0.4, 0.5) is 20.3 Å². The van der Waals surface area contributed by atoms with Crippen molar-refractivity contribution < 1.29 is 18.4 Å². The number of benzene rings is 1. The van der Waals surface area contributed by atoms with Gasteiger partial charge in [-0.3, -0.25) is 9.59 Å². The number of carbonyl (C=O) groups excluding carboxylic acids is 2. The first-order valence-electron chi connectivity index (χ1n) is 10.4. The summed E-state index contributed by atoms with van der Waals surface area (Å²) in [4.78, 5) is 35.3. The van der Waals surface area contributed by atoms with Crippen molar-refractivity contribution in [2.45, 2.75) is 43.6 Å². The minimum atomic E-state index is -2.92. The number of carbonyl (C=O) groups is 2. The van der Waals surface area contributed by atoms with Crippen LogP contribution in [0.15, 0.2) is 36.0 Å². The van der Waals surface area contributed by atoms with E-state index in [1.165, 1.54) is 22.4 Å². The van der Waals surface area contributed by atoms with Crippen LogP contribution >= 0.6 is 11.3 Å². The maximum absolute atomic E-state index is 14.3. The van der Waals surface area contributed by atoms with Gasteiger partial charge in [0, 0.05) is 19.4 Å². The minimum absolute atomic E-state index is 0.216. The summed E-state index contributed by atoms with van der Waals surface area (Å²) < 4.78 is 29.5. The van der Waals surface area contributed by atoms with E-state index in [1.807, 2.05) is 0 Å². The number of nitrogen functional groups attached to an aromatic ring is 1. The average molecular weight is 458 g/mol. The Morgan fingerprint density at radius 2 is 2.03 bits per heavy atom. The number of likely N-dealkylation sites (tertiary alicyclic amines) is 1. The van der Waals surface area contributed by atoms with Gasteiger partial charge in [-0.25, -0.2) is 18.7 Å². The number of hydrogen-bond acceptors (Lipinski definition) is 6. The summed E-state index contributed by atoms with van der Waals surface area (Å²) >= 11 is 1.45. The lowest BCUT2D eigenvalue weighted by Gasteiger charge is -2.39. The number of thiazole rings is 1. The van der Waals surface area contributed by atoms with Crippen molar-refractivity contribution >= 4 is 44.9 Å². The lowest BCUT2D eigenvalue weighted by atomic mass is 9.92. The molecule has 3 N–H and O–H groups in total. The molecule has 3 aromatic rings. The molecular formula is C22H21F2N5O2S. The summed E-state index contributed by atoms with van der Waals surface area (Å²) in [5.74, 6) is -3.93. The molecule has 1 saturated heterocycles. The van der Waals surface area contributed by atoms with Crippen LogP contribution in [0.2, 0.25) is 0 Å². The molecule has 2 fully saturated rings. The number of pyridine rings is 1. The van der Waals surface area contributed by atoms with Gasteiger partial charge in [0.2, 0.25) is 0 Å². The first-order chi connectivity index (χ1) is 15.3. The third kappa shape index (κ3) is 4.02. The molecule has 2 aliphatic rings. The van der Waals surface area contributed by atoms with E-state index < -0.39 is 36.6 Å². The van der Waals surface area contributed by atoms with E-state index in [4.69, 9.17) is 5.73 Å². The zero-order valence-electron chi connectivity index (χ0n) is 17.1. The molecule has 166 valence electrons. The molecular weight excluding hydrogens is 436 g/mol. The number of aromatic nitrogens is 2. The van der Waals surface area contributed by atoms with Crippen molar-refractivity contribution in [1.29, 1.82) is 0 Å². The Morgan fingerprint density at radius 3 is 2.81 bits per heavy atom. The third-order valence-electron chi connectivity index (χ3n) is 6.01. The van der Waals surface area contributed by atoms with Crippen LogP contribution in [0.5, 0.6) is 0 Å². The smallest absolute Gasteiger partial charge is 0.313 e. The molecule has 1 aliphatic heterocycles. The summed E-state index contributed by atoms with van der Waals surface area (Å²) in [6.45, 7) is -0.216. The first kappa shape index (κ1) is 20.7. The molecule has 0 radical (unpaired) electrons. The van der Waals surface area contributed by atoms with E-state index in [2.05, 4.69) is 15.3 Å². The van der Waals surface area contributed by atoms with Crippen LogP contribution in [0.3, 0.4) is 0 Å². The molecule has 3 heterocycles. The Hall–Kier alpha value is -3.14. The maximum atomic E-state index is 14.3. The Bertz CT molecular complexity index is 1210. The van der Waals surface area contributed by atoms with Gasteiger partial charge in [-0.1, -0.05) is 6.07 Å². The minimum Gasteiger partial charge on any atom is -0.383 e. The molecule has 0 spiro atoms. The molecule has 2 amide bonds. The monoisotopic (exact) mass is 457 g/mol. The van der Waals surface area contributed by atoms with Crippen LogP contribution in [0.1, 0.15) is 48.8 Å². The molecule has 1 aromatic carbocycles. The predicted octanol–water partition coefficient (Wildman–Crippen LogP) is 4.09. The molecule has 7 nitrogen and oxygen atoms in total. The highest BCUT2D eigenvalue weighted by molar-refractivity contribution is 7.16. The summed E-state index contributed by atoms with van der Waals surface area (Å²) in [7, 11) is 0. The lowest BCUT2D eigenvalue weighted by molar-refractivity contribution is -0.151. The highest BCUT2D eigenvalue weighted by Gasteiger charge is 2.44. The highest BCUT2D eigenvalue weighted by atomic mass is 32.1. The van der Waals surface area contributed by atoms with Crippen molar-refractivity contribution in [2.24, 2.45) is 0 Å². The first-order valence-corrected chi connectivity index (χ1v) is 11.3.